The maximum atomic E-state index is 11.9. The van der Waals surface area contributed by atoms with Gasteiger partial charge < -0.3 is 4.74 Å². The zero-order chi connectivity index (χ0) is 13.1. The number of hydrogen-bond acceptors (Lipinski definition) is 5. The maximum absolute atomic E-state index is 11.9. The standard InChI is InChI=1S/C13H13N3O2S/c17-11(9-5-2-1-3-6-9)14-13-16-15-12(19-13)10-7-4-8-18-10/h1-3,5-6,10H,4,7-8H2,(H,14,16,17). The molecule has 6 heteroatoms. The minimum atomic E-state index is -0.171. The highest BCUT2D eigenvalue weighted by Gasteiger charge is 2.22. The van der Waals surface area contributed by atoms with Crippen molar-refractivity contribution in [2.24, 2.45) is 0 Å². The first-order valence-electron chi connectivity index (χ1n) is 6.14. The molecular formula is C13H13N3O2S. The van der Waals surface area contributed by atoms with Crippen LogP contribution in [0.3, 0.4) is 0 Å². The molecule has 0 bridgehead atoms. The van der Waals surface area contributed by atoms with Crippen LogP contribution in [0.25, 0.3) is 0 Å². The normalized spacial score (nSPS) is 18.4. The molecule has 5 nitrogen and oxygen atoms in total. The Hall–Kier alpha value is -1.79. The van der Waals surface area contributed by atoms with Crippen molar-refractivity contribution in [1.29, 1.82) is 0 Å². The van der Waals surface area contributed by atoms with Crippen molar-refractivity contribution < 1.29 is 9.53 Å². The molecule has 1 aliphatic rings. The number of nitrogens with zero attached hydrogens (tertiary/aromatic N) is 2. The molecule has 1 aromatic carbocycles. The minimum absolute atomic E-state index is 0.0416. The molecule has 1 aliphatic heterocycles. The molecule has 1 N–H and O–H groups in total. The summed E-state index contributed by atoms with van der Waals surface area (Å²) in [6.07, 6.45) is 2.07. The van der Waals surface area contributed by atoms with E-state index in [9.17, 15) is 4.79 Å². The summed E-state index contributed by atoms with van der Waals surface area (Å²) in [4.78, 5) is 11.9. The molecule has 0 radical (unpaired) electrons. The van der Waals surface area contributed by atoms with Gasteiger partial charge in [0.25, 0.3) is 5.91 Å². The van der Waals surface area contributed by atoms with Crippen molar-refractivity contribution in [2.45, 2.75) is 18.9 Å². The number of ether oxygens (including phenoxy) is 1. The molecule has 19 heavy (non-hydrogen) atoms. The summed E-state index contributed by atoms with van der Waals surface area (Å²) in [6.45, 7) is 0.774. The molecule has 3 rings (SSSR count). The molecule has 0 saturated carbocycles. The molecule has 0 aliphatic carbocycles. The summed E-state index contributed by atoms with van der Waals surface area (Å²) in [5.41, 5.74) is 0.608. The predicted octanol–water partition coefficient (Wildman–Crippen LogP) is 2.64. The van der Waals surface area contributed by atoms with Crippen molar-refractivity contribution in [3.8, 4) is 0 Å². The van der Waals surface area contributed by atoms with Crippen molar-refractivity contribution in [3.05, 3.63) is 40.9 Å². The van der Waals surface area contributed by atoms with Gasteiger partial charge in [0.2, 0.25) is 5.13 Å². The van der Waals surface area contributed by atoms with Gasteiger partial charge in [-0.15, -0.1) is 10.2 Å². The number of anilines is 1. The van der Waals surface area contributed by atoms with Gasteiger partial charge in [0.05, 0.1) is 0 Å². The van der Waals surface area contributed by atoms with Crippen LogP contribution < -0.4 is 5.32 Å². The van der Waals surface area contributed by atoms with Crippen LogP contribution in [0.5, 0.6) is 0 Å². The molecule has 98 valence electrons. The summed E-state index contributed by atoms with van der Waals surface area (Å²) >= 11 is 1.37. The summed E-state index contributed by atoms with van der Waals surface area (Å²) < 4.78 is 5.54. The van der Waals surface area contributed by atoms with Crippen LogP contribution >= 0.6 is 11.3 Å². The fourth-order valence-electron chi connectivity index (χ4n) is 1.95. The first-order chi connectivity index (χ1) is 9.33. The van der Waals surface area contributed by atoms with Crippen LogP contribution in [0.4, 0.5) is 5.13 Å². The van der Waals surface area contributed by atoms with Crippen LogP contribution in [0.2, 0.25) is 0 Å². The van der Waals surface area contributed by atoms with Crippen molar-refractivity contribution in [2.75, 3.05) is 11.9 Å². The van der Waals surface area contributed by atoms with Gasteiger partial charge in [0.15, 0.2) is 0 Å². The first kappa shape index (κ1) is 12.3. The van der Waals surface area contributed by atoms with Crippen LogP contribution in [-0.4, -0.2) is 22.7 Å². The Bertz CT molecular complexity index is 564. The average molecular weight is 275 g/mol. The number of rotatable bonds is 3. The third-order valence-electron chi connectivity index (χ3n) is 2.90. The quantitative estimate of drug-likeness (QED) is 0.935. The fourth-order valence-corrected chi connectivity index (χ4v) is 2.77. The van der Waals surface area contributed by atoms with E-state index in [0.29, 0.717) is 10.7 Å². The molecule has 1 fully saturated rings. The lowest BCUT2D eigenvalue weighted by atomic mass is 10.2. The van der Waals surface area contributed by atoms with E-state index in [1.54, 1.807) is 12.1 Å². The van der Waals surface area contributed by atoms with Gasteiger partial charge in [-0.1, -0.05) is 29.5 Å². The molecule has 1 amide bonds. The van der Waals surface area contributed by atoms with Crippen molar-refractivity contribution in [3.63, 3.8) is 0 Å². The van der Waals surface area contributed by atoms with E-state index in [1.807, 2.05) is 18.2 Å². The first-order valence-corrected chi connectivity index (χ1v) is 6.96. The van der Waals surface area contributed by atoms with Crippen LogP contribution in [0.1, 0.15) is 34.3 Å². The highest BCUT2D eigenvalue weighted by molar-refractivity contribution is 7.15. The van der Waals surface area contributed by atoms with E-state index < -0.39 is 0 Å². The van der Waals surface area contributed by atoms with Gasteiger partial charge in [-0.2, -0.15) is 0 Å². The molecular weight excluding hydrogens is 262 g/mol. The smallest absolute Gasteiger partial charge is 0.257 e. The van der Waals surface area contributed by atoms with Crippen molar-refractivity contribution in [1.82, 2.24) is 10.2 Å². The highest BCUT2D eigenvalue weighted by atomic mass is 32.1. The van der Waals surface area contributed by atoms with Gasteiger partial charge in [-0.3, -0.25) is 10.1 Å². The minimum Gasteiger partial charge on any atom is -0.371 e. The number of benzene rings is 1. The third kappa shape index (κ3) is 2.80. The lowest BCUT2D eigenvalue weighted by Gasteiger charge is -2.02. The zero-order valence-electron chi connectivity index (χ0n) is 10.2. The summed E-state index contributed by atoms with van der Waals surface area (Å²) in [5.74, 6) is -0.171. The topological polar surface area (TPSA) is 64.1 Å². The largest absolute Gasteiger partial charge is 0.371 e. The SMILES string of the molecule is O=C(Nc1nnc(C2CCCO2)s1)c1ccccc1. The van der Waals surface area contributed by atoms with Crippen LogP contribution in [-0.2, 0) is 4.74 Å². The van der Waals surface area contributed by atoms with Gasteiger partial charge in [-0.25, -0.2) is 0 Å². The number of amides is 1. The highest BCUT2D eigenvalue weighted by Crippen LogP contribution is 2.31. The van der Waals surface area contributed by atoms with Crippen LogP contribution in [0.15, 0.2) is 30.3 Å². The molecule has 0 spiro atoms. The Morgan fingerprint density at radius 1 is 1.32 bits per heavy atom. The second kappa shape index (κ2) is 5.46. The molecule has 1 unspecified atom stereocenters. The summed E-state index contributed by atoms with van der Waals surface area (Å²) in [7, 11) is 0. The van der Waals surface area contributed by atoms with Gasteiger partial charge in [0, 0.05) is 12.2 Å². The monoisotopic (exact) mass is 275 g/mol. The fraction of sp³-hybridized carbons (Fsp3) is 0.308. The summed E-state index contributed by atoms with van der Waals surface area (Å²) in [6, 6.07) is 9.05. The number of aromatic nitrogens is 2. The third-order valence-corrected chi connectivity index (χ3v) is 3.83. The van der Waals surface area contributed by atoms with Crippen molar-refractivity contribution >= 4 is 22.4 Å². The zero-order valence-corrected chi connectivity index (χ0v) is 11.0. The number of nitrogens with one attached hydrogen (secondary N) is 1. The van der Waals surface area contributed by atoms with Crippen LogP contribution in [0, 0.1) is 0 Å². The maximum Gasteiger partial charge on any atom is 0.257 e. The predicted molar refractivity (Wildman–Crippen MR) is 72.2 cm³/mol. The van der Waals surface area contributed by atoms with Gasteiger partial charge >= 0.3 is 0 Å². The second-order valence-electron chi connectivity index (χ2n) is 4.27. The molecule has 1 atom stereocenters. The van der Waals surface area contributed by atoms with E-state index in [0.717, 1.165) is 24.5 Å². The summed E-state index contributed by atoms with van der Waals surface area (Å²) in [5, 5.41) is 12.2. The van der Waals surface area contributed by atoms with E-state index in [2.05, 4.69) is 15.5 Å². The number of carbonyl (C=O) groups is 1. The lowest BCUT2D eigenvalue weighted by molar-refractivity contribution is 0.102. The van der Waals surface area contributed by atoms with Gasteiger partial charge in [-0.05, 0) is 25.0 Å². The molecule has 1 aromatic heterocycles. The number of hydrogen-bond donors (Lipinski definition) is 1. The molecule has 2 heterocycles. The molecule has 2 aromatic rings. The Morgan fingerprint density at radius 2 is 2.16 bits per heavy atom. The molecule has 1 saturated heterocycles. The van der Waals surface area contributed by atoms with E-state index >= 15 is 0 Å². The Balaban J connectivity index is 1.68. The second-order valence-corrected chi connectivity index (χ2v) is 5.28. The number of carbonyl (C=O) groups excluding carboxylic acids is 1. The average Bonchev–Trinajstić information content (AvgIpc) is 3.10. The Morgan fingerprint density at radius 3 is 2.89 bits per heavy atom. The van der Waals surface area contributed by atoms with E-state index in [1.165, 1.54) is 11.3 Å². The Labute approximate surface area is 114 Å². The lowest BCUT2D eigenvalue weighted by Crippen LogP contribution is -2.11. The van der Waals surface area contributed by atoms with E-state index in [4.69, 9.17) is 4.74 Å². The van der Waals surface area contributed by atoms with E-state index in [-0.39, 0.29) is 12.0 Å². The Kier molecular flexibility index (Phi) is 3.52. The van der Waals surface area contributed by atoms with Gasteiger partial charge in [0.1, 0.15) is 11.1 Å².